The highest BCUT2D eigenvalue weighted by molar-refractivity contribution is 6.15. The van der Waals surface area contributed by atoms with Crippen LogP contribution in [0.15, 0.2) is 91.0 Å². The second-order valence-electron chi connectivity index (χ2n) is 6.09. The van der Waals surface area contributed by atoms with Crippen molar-refractivity contribution in [3.8, 4) is 11.3 Å². The maximum absolute atomic E-state index is 4.98. The van der Waals surface area contributed by atoms with Gasteiger partial charge in [0.1, 0.15) is 0 Å². The van der Waals surface area contributed by atoms with Crippen molar-refractivity contribution < 1.29 is 0 Å². The summed E-state index contributed by atoms with van der Waals surface area (Å²) < 4.78 is 0. The van der Waals surface area contributed by atoms with Crippen molar-refractivity contribution >= 4 is 32.4 Å². The molecular weight excluding hydrogens is 290 g/mol. The Balaban J connectivity index is 2.01. The van der Waals surface area contributed by atoms with E-state index in [0.717, 1.165) is 16.8 Å². The topological polar surface area (TPSA) is 12.9 Å². The molecule has 5 aromatic rings. The van der Waals surface area contributed by atoms with Gasteiger partial charge >= 0.3 is 0 Å². The van der Waals surface area contributed by atoms with Gasteiger partial charge in [0, 0.05) is 16.3 Å². The second-order valence-corrected chi connectivity index (χ2v) is 6.09. The molecule has 0 aliphatic rings. The summed E-state index contributed by atoms with van der Waals surface area (Å²) in [4.78, 5) is 4.98. The molecule has 1 aromatic heterocycles. The van der Waals surface area contributed by atoms with Crippen LogP contribution in [0.5, 0.6) is 0 Å². The smallest absolute Gasteiger partial charge is 0.0788 e. The van der Waals surface area contributed by atoms with E-state index >= 15 is 0 Å². The van der Waals surface area contributed by atoms with Gasteiger partial charge < -0.3 is 0 Å². The molecule has 0 unspecified atom stereocenters. The van der Waals surface area contributed by atoms with E-state index in [9.17, 15) is 0 Å². The van der Waals surface area contributed by atoms with Crippen molar-refractivity contribution in [2.45, 2.75) is 0 Å². The number of rotatable bonds is 1. The summed E-state index contributed by atoms with van der Waals surface area (Å²) in [6.07, 6.45) is 0. The first-order chi connectivity index (χ1) is 11.9. The van der Waals surface area contributed by atoms with Gasteiger partial charge in [0.05, 0.1) is 11.2 Å². The molecule has 1 heterocycles. The van der Waals surface area contributed by atoms with Crippen molar-refractivity contribution in [3.05, 3.63) is 91.0 Å². The predicted octanol–water partition coefficient (Wildman–Crippen LogP) is 6.21. The monoisotopic (exact) mass is 305 g/mol. The number of hydrogen-bond donors (Lipinski definition) is 0. The van der Waals surface area contributed by atoms with Gasteiger partial charge in [0.25, 0.3) is 0 Å². The molecule has 1 heteroatoms. The zero-order valence-corrected chi connectivity index (χ0v) is 13.1. The molecule has 0 radical (unpaired) electrons. The summed E-state index contributed by atoms with van der Waals surface area (Å²) in [7, 11) is 0. The van der Waals surface area contributed by atoms with Crippen LogP contribution in [0.2, 0.25) is 0 Å². The number of aromatic nitrogens is 1. The standard InChI is InChI=1S/C23H15N/c1-2-8-16(9-3-1)23-21-15-18-11-5-4-10-17(18)14-20(21)19-12-6-7-13-22(19)24-23/h1-15H. The van der Waals surface area contributed by atoms with Crippen molar-refractivity contribution in [3.63, 3.8) is 0 Å². The molecule has 0 aliphatic heterocycles. The predicted molar refractivity (Wildman–Crippen MR) is 102 cm³/mol. The van der Waals surface area contributed by atoms with Gasteiger partial charge in [-0.25, -0.2) is 4.98 Å². The van der Waals surface area contributed by atoms with E-state index in [0.29, 0.717) is 0 Å². The van der Waals surface area contributed by atoms with E-state index < -0.39 is 0 Å². The summed E-state index contributed by atoms with van der Waals surface area (Å²) in [6.45, 7) is 0. The van der Waals surface area contributed by atoms with E-state index in [4.69, 9.17) is 4.98 Å². The minimum atomic E-state index is 1.04. The zero-order chi connectivity index (χ0) is 15.9. The Morgan fingerprint density at radius 2 is 1.12 bits per heavy atom. The first kappa shape index (κ1) is 13.3. The number of hydrogen-bond acceptors (Lipinski definition) is 1. The van der Waals surface area contributed by atoms with Crippen LogP contribution in [0.4, 0.5) is 0 Å². The van der Waals surface area contributed by atoms with Gasteiger partial charge in [-0.1, -0.05) is 72.8 Å². The molecule has 0 N–H and O–H groups in total. The molecule has 0 atom stereocenters. The molecule has 0 spiro atoms. The van der Waals surface area contributed by atoms with Crippen LogP contribution in [-0.4, -0.2) is 4.98 Å². The number of fused-ring (bicyclic) bond motifs is 4. The lowest BCUT2D eigenvalue weighted by Gasteiger charge is -2.11. The molecule has 112 valence electrons. The largest absolute Gasteiger partial charge is 0.247 e. The lowest BCUT2D eigenvalue weighted by molar-refractivity contribution is 1.43. The third-order valence-electron chi connectivity index (χ3n) is 4.61. The third-order valence-corrected chi connectivity index (χ3v) is 4.61. The Labute approximate surface area is 140 Å². The number of nitrogens with zero attached hydrogens (tertiary/aromatic N) is 1. The molecule has 0 fully saturated rings. The number of benzene rings is 4. The van der Waals surface area contributed by atoms with E-state index in [-0.39, 0.29) is 0 Å². The lowest BCUT2D eigenvalue weighted by atomic mass is 9.97. The number of para-hydroxylation sites is 1. The Morgan fingerprint density at radius 1 is 0.500 bits per heavy atom. The zero-order valence-electron chi connectivity index (χ0n) is 13.1. The fourth-order valence-electron chi connectivity index (χ4n) is 3.45. The first-order valence-corrected chi connectivity index (χ1v) is 8.17. The van der Waals surface area contributed by atoms with E-state index in [1.807, 2.05) is 6.07 Å². The minimum Gasteiger partial charge on any atom is -0.247 e. The van der Waals surface area contributed by atoms with Gasteiger partial charge in [-0.3, -0.25) is 0 Å². The van der Waals surface area contributed by atoms with Crippen molar-refractivity contribution in [2.24, 2.45) is 0 Å². The molecule has 0 bridgehead atoms. The highest BCUT2D eigenvalue weighted by Gasteiger charge is 2.11. The summed E-state index contributed by atoms with van der Waals surface area (Å²) >= 11 is 0. The normalized spacial score (nSPS) is 11.3. The minimum absolute atomic E-state index is 1.04. The summed E-state index contributed by atoms with van der Waals surface area (Å²) in [6, 6.07) is 31.9. The van der Waals surface area contributed by atoms with Gasteiger partial charge in [0.2, 0.25) is 0 Å². The Bertz CT molecular complexity index is 1190. The van der Waals surface area contributed by atoms with Crippen LogP contribution in [0, 0.1) is 0 Å². The molecule has 0 saturated heterocycles. The highest BCUT2D eigenvalue weighted by atomic mass is 14.7. The average Bonchev–Trinajstić information content (AvgIpc) is 2.66. The summed E-state index contributed by atoms with van der Waals surface area (Å²) in [5.74, 6) is 0. The van der Waals surface area contributed by atoms with Gasteiger partial charge in [0.15, 0.2) is 0 Å². The molecule has 0 amide bonds. The first-order valence-electron chi connectivity index (χ1n) is 8.17. The van der Waals surface area contributed by atoms with E-state index in [2.05, 4.69) is 84.9 Å². The second kappa shape index (κ2) is 5.17. The lowest BCUT2D eigenvalue weighted by Crippen LogP contribution is -1.90. The summed E-state index contributed by atoms with van der Waals surface area (Å²) in [5, 5.41) is 6.19. The number of pyridine rings is 1. The fraction of sp³-hybridized carbons (Fsp3) is 0. The fourth-order valence-corrected chi connectivity index (χ4v) is 3.45. The average molecular weight is 305 g/mol. The van der Waals surface area contributed by atoms with E-state index in [1.54, 1.807) is 0 Å². The Kier molecular flexibility index (Phi) is 2.86. The third kappa shape index (κ3) is 1.99. The molecule has 5 rings (SSSR count). The summed E-state index contributed by atoms with van der Waals surface area (Å²) in [5.41, 5.74) is 3.25. The van der Waals surface area contributed by atoms with Gasteiger partial charge in [-0.15, -0.1) is 0 Å². The maximum atomic E-state index is 4.98. The molecule has 4 aromatic carbocycles. The molecule has 24 heavy (non-hydrogen) atoms. The quantitative estimate of drug-likeness (QED) is 0.265. The SMILES string of the molecule is c1ccc(-c2nc3ccccc3c3cc4ccccc4cc23)cc1. The molecule has 0 saturated carbocycles. The van der Waals surface area contributed by atoms with Crippen LogP contribution in [0.3, 0.4) is 0 Å². The highest BCUT2D eigenvalue weighted by Crippen LogP contribution is 2.34. The van der Waals surface area contributed by atoms with Crippen molar-refractivity contribution in [1.82, 2.24) is 4.98 Å². The van der Waals surface area contributed by atoms with Crippen LogP contribution in [0.25, 0.3) is 43.7 Å². The van der Waals surface area contributed by atoms with Crippen LogP contribution >= 0.6 is 0 Å². The Hall–Kier alpha value is -3.19. The molecule has 1 nitrogen and oxygen atoms in total. The van der Waals surface area contributed by atoms with Crippen molar-refractivity contribution in [2.75, 3.05) is 0 Å². The van der Waals surface area contributed by atoms with Crippen LogP contribution in [-0.2, 0) is 0 Å². The Morgan fingerprint density at radius 3 is 1.92 bits per heavy atom. The molecule has 0 aliphatic carbocycles. The van der Waals surface area contributed by atoms with Gasteiger partial charge in [-0.05, 0) is 34.4 Å². The van der Waals surface area contributed by atoms with Crippen molar-refractivity contribution in [1.29, 1.82) is 0 Å². The van der Waals surface area contributed by atoms with Gasteiger partial charge in [-0.2, -0.15) is 0 Å². The van der Waals surface area contributed by atoms with Crippen LogP contribution < -0.4 is 0 Å². The van der Waals surface area contributed by atoms with Crippen LogP contribution in [0.1, 0.15) is 0 Å². The molecular formula is C23H15N. The van der Waals surface area contributed by atoms with E-state index in [1.165, 1.54) is 26.9 Å². The maximum Gasteiger partial charge on any atom is 0.0788 e.